The van der Waals surface area contributed by atoms with Gasteiger partial charge in [-0.2, -0.15) is 0 Å². The molecule has 170 valence electrons. The number of halogens is 1. The summed E-state index contributed by atoms with van der Waals surface area (Å²) >= 11 is 0. The van der Waals surface area contributed by atoms with Crippen LogP contribution in [0.1, 0.15) is 37.9 Å². The molecule has 1 aliphatic heterocycles. The summed E-state index contributed by atoms with van der Waals surface area (Å²) in [7, 11) is -3.80. The van der Waals surface area contributed by atoms with Crippen molar-refractivity contribution in [1.29, 1.82) is 0 Å². The molecule has 1 atom stereocenters. The smallest absolute Gasteiger partial charge is 0.317 e. The van der Waals surface area contributed by atoms with Crippen LogP contribution in [0.5, 0.6) is 0 Å². The Labute approximate surface area is 182 Å². The summed E-state index contributed by atoms with van der Waals surface area (Å²) in [5, 5.41) is 2.71. The van der Waals surface area contributed by atoms with Gasteiger partial charge in [0.2, 0.25) is 15.0 Å². The zero-order valence-corrected chi connectivity index (χ0v) is 18.7. The Morgan fingerprint density at radius 2 is 2.06 bits per heavy atom. The maximum absolute atomic E-state index is 13.2. The molecule has 31 heavy (non-hydrogen) atoms. The number of amides is 2. The predicted molar refractivity (Wildman–Crippen MR) is 114 cm³/mol. The largest absolute Gasteiger partial charge is 0.376 e. The molecular formula is C21H29FN4O4S. The second-order valence-corrected chi connectivity index (χ2v) is 9.40. The fourth-order valence-corrected chi connectivity index (χ4v) is 5.11. The fourth-order valence-electron chi connectivity index (χ4n) is 3.60. The molecule has 0 spiro atoms. The van der Waals surface area contributed by atoms with Crippen molar-refractivity contribution in [2.75, 3.05) is 19.7 Å². The lowest BCUT2D eigenvalue weighted by molar-refractivity contribution is 0.0935. The molecule has 0 bridgehead atoms. The highest BCUT2D eigenvalue weighted by atomic mass is 32.2. The van der Waals surface area contributed by atoms with Crippen LogP contribution >= 0.6 is 0 Å². The topological polar surface area (TPSA) is 93.5 Å². The van der Waals surface area contributed by atoms with Gasteiger partial charge in [0.25, 0.3) is 0 Å². The third kappa shape index (κ3) is 5.82. The van der Waals surface area contributed by atoms with Crippen LogP contribution in [0.2, 0.25) is 0 Å². The highest BCUT2D eigenvalue weighted by Gasteiger charge is 2.28. The van der Waals surface area contributed by atoms with Crippen LogP contribution in [0.4, 0.5) is 9.18 Å². The van der Waals surface area contributed by atoms with E-state index in [1.54, 1.807) is 9.47 Å². The van der Waals surface area contributed by atoms with Gasteiger partial charge in [0.15, 0.2) is 0 Å². The number of urea groups is 1. The molecule has 0 aliphatic carbocycles. The average molecular weight is 453 g/mol. The van der Waals surface area contributed by atoms with Gasteiger partial charge in [-0.3, -0.25) is 0 Å². The molecule has 1 aromatic carbocycles. The Morgan fingerprint density at radius 3 is 2.68 bits per heavy atom. The van der Waals surface area contributed by atoms with Crippen molar-refractivity contribution in [3.8, 4) is 0 Å². The Hall–Kier alpha value is -2.46. The van der Waals surface area contributed by atoms with E-state index in [4.69, 9.17) is 4.74 Å². The first kappa shape index (κ1) is 23.2. The number of hydrogen-bond donors (Lipinski definition) is 1. The van der Waals surface area contributed by atoms with E-state index in [2.05, 4.69) is 10.3 Å². The standard InChI is InChI=1S/C21H29FN4O4S/c1-3-23-20(27)25(4-2)13-18-12-24-21(26(18)14-19-6-5-11-30-19)31(28,29)15-16-7-9-17(22)10-8-16/h7-10,12,19H,3-6,11,13-15H2,1-2H3,(H,23,27)/t19-/m0/s1. The van der Waals surface area contributed by atoms with Crippen molar-refractivity contribution in [3.05, 3.63) is 47.5 Å². The first-order chi connectivity index (χ1) is 14.8. The number of ether oxygens (including phenoxy) is 1. The second kappa shape index (κ2) is 10.2. The van der Waals surface area contributed by atoms with E-state index in [0.717, 1.165) is 12.8 Å². The molecule has 8 nitrogen and oxygen atoms in total. The van der Waals surface area contributed by atoms with Crippen molar-refractivity contribution >= 4 is 15.9 Å². The summed E-state index contributed by atoms with van der Waals surface area (Å²) in [4.78, 5) is 18.1. The maximum Gasteiger partial charge on any atom is 0.317 e. The van der Waals surface area contributed by atoms with Gasteiger partial charge in [-0.05, 0) is 44.4 Å². The Kier molecular flexibility index (Phi) is 7.66. The molecule has 0 radical (unpaired) electrons. The first-order valence-corrected chi connectivity index (χ1v) is 12.1. The summed E-state index contributed by atoms with van der Waals surface area (Å²) in [5.74, 6) is -0.711. The summed E-state index contributed by atoms with van der Waals surface area (Å²) < 4.78 is 46.9. The Bertz CT molecular complexity index is 985. The lowest BCUT2D eigenvalue weighted by Crippen LogP contribution is -2.39. The lowest BCUT2D eigenvalue weighted by atomic mass is 10.2. The van der Waals surface area contributed by atoms with Gasteiger partial charge >= 0.3 is 6.03 Å². The average Bonchev–Trinajstić information content (AvgIpc) is 3.38. The summed E-state index contributed by atoms with van der Waals surface area (Å²) in [5.41, 5.74) is 1.11. The molecule has 2 amide bonds. The van der Waals surface area contributed by atoms with E-state index in [1.807, 2.05) is 13.8 Å². The molecule has 2 heterocycles. The normalized spacial score (nSPS) is 16.4. The number of hydrogen-bond acceptors (Lipinski definition) is 5. The molecule has 3 rings (SSSR count). The fraction of sp³-hybridized carbons (Fsp3) is 0.524. The van der Waals surface area contributed by atoms with Gasteiger partial charge in [-0.1, -0.05) is 12.1 Å². The summed E-state index contributed by atoms with van der Waals surface area (Å²) in [6.45, 7) is 5.90. The van der Waals surface area contributed by atoms with Crippen molar-refractivity contribution in [2.45, 2.75) is 56.8 Å². The van der Waals surface area contributed by atoms with E-state index in [9.17, 15) is 17.6 Å². The molecule has 0 saturated carbocycles. The van der Waals surface area contributed by atoms with E-state index < -0.39 is 15.7 Å². The van der Waals surface area contributed by atoms with Crippen molar-refractivity contribution in [1.82, 2.24) is 19.8 Å². The molecule has 1 N–H and O–H groups in total. The molecule has 1 fully saturated rings. The number of benzene rings is 1. The number of imidazole rings is 1. The lowest BCUT2D eigenvalue weighted by Gasteiger charge is -2.23. The van der Waals surface area contributed by atoms with Gasteiger partial charge < -0.3 is 19.5 Å². The van der Waals surface area contributed by atoms with Gasteiger partial charge in [0.05, 0.1) is 36.8 Å². The van der Waals surface area contributed by atoms with Crippen LogP contribution in [-0.2, 0) is 33.4 Å². The van der Waals surface area contributed by atoms with Crippen LogP contribution in [-0.4, -0.2) is 54.7 Å². The van der Waals surface area contributed by atoms with Gasteiger partial charge in [0.1, 0.15) is 5.82 Å². The zero-order valence-electron chi connectivity index (χ0n) is 17.9. The minimum absolute atomic E-state index is 0.0609. The summed E-state index contributed by atoms with van der Waals surface area (Å²) in [6, 6.07) is 5.16. The van der Waals surface area contributed by atoms with Crippen LogP contribution in [0.3, 0.4) is 0 Å². The van der Waals surface area contributed by atoms with Crippen LogP contribution in [0, 0.1) is 5.82 Å². The Balaban J connectivity index is 1.91. The predicted octanol–water partition coefficient (Wildman–Crippen LogP) is 2.73. The third-order valence-corrected chi connectivity index (χ3v) is 6.81. The molecule has 1 aromatic heterocycles. The van der Waals surface area contributed by atoms with E-state index in [-0.39, 0.29) is 29.6 Å². The third-order valence-electron chi connectivity index (χ3n) is 5.21. The van der Waals surface area contributed by atoms with Crippen LogP contribution in [0.15, 0.2) is 35.6 Å². The van der Waals surface area contributed by atoms with E-state index in [1.165, 1.54) is 30.5 Å². The highest BCUT2D eigenvalue weighted by Crippen LogP contribution is 2.22. The van der Waals surface area contributed by atoms with Crippen molar-refractivity contribution in [2.24, 2.45) is 0 Å². The van der Waals surface area contributed by atoms with Crippen LogP contribution in [0.25, 0.3) is 0 Å². The number of rotatable bonds is 9. The minimum Gasteiger partial charge on any atom is -0.376 e. The molecular weight excluding hydrogens is 423 g/mol. The molecule has 2 aromatic rings. The zero-order chi connectivity index (χ0) is 22.4. The number of sulfone groups is 1. The maximum atomic E-state index is 13.2. The Morgan fingerprint density at radius 1 is 1.32 bits per heavy atom. The number of nitrogens with one attached hydrogen (secondary N) is 1. The number of aromatic nitrogens is 2. The molecule has 1 saturated heterocycles. The van der Waals surface area contributed by atoms with Gasteiger partial charge in [-0.25, -0.2) is 22.6 Å². The monoisotopic (exact) mass is 452 g/mol. The van der Waals surface area contributed by atoms with Gasteiger partial charge in [0, 0.05) is 19.7 Å². The highest BCUT2D eigenvalue weighted by molar-refractivity contribution is 7.90. The van der Waals surface area contributed by atoms with Crippen LogP contribution < -0.4 is 5.32 Å². The number of carbonyl (C=O) groups excluding carboxylic acids is 1. The quantitative estimate of drug-likeness (QED) is 0.631. The van der Waals surface area contributed by atoms with E-state index in [0.29, 0.717) is 37.5 Å². The molecule has 1 aliphatic rings. The van der Waals surface area contributed by atoms with Crippen molar-refractivity contribution in [3.63, 3.8) is 0 Å². The van der Waals surface area contributed by atoms with Gasteiger partial charge in [-0.15, -0.1) is 0 Å². The SMILES string of the molecule is CCNC(=O)N(CC)Cc1cnc(S(=O)(=O)Cc2ccc(F)cc2)n1C[C@@H]1CCCO1. The number of nitrogens with zero attached hydrogens (tertiary/aromatic N) is 3. The molecule has 0 unspecified atom stereocenters. The number of carbonyl (C=O) groups is 1. The molecule has 10 heteroatoms. The first-order valence-electron chi connectivity index (χ1n) is 10.5. The minimum atomic E-state index is -3.80. The van der Waals surface area contributed by atoms with Crippen molar-refractivity contribution < 1.29 is 22.3 Å². The van der Waals surface area contributed by atoms with E-state index >= 15 is 0 Å². The summed E-state index contributed by atoms with van der Waals surface area (Å²) in [6.07, 6.45) is 3.16. The second-order valence-electron chi connectivity index (χ2n) is 7.51.